The van der Waals surface area contributed by atoms with Crippen LogP contribution in [0.5, 0.6) is 0 Å². The van der Waals surface area contributed by atoms with Crippen LogP contribution in [0.25, 0.3) is 10.9 Å². The molecule has 2 aromatic rings. The molecule has 0 amide bonds. The SMILES string of the molecule is CC(C)Cc1cc(NN)c2c(Cl)c(Cl)cc(Cl)c2n1. The van der Waals surface area contributed by atoms with Crippen molar-refractivity contribution in [3.05, 3.63) is 32.9 Å². The fourth-order valence-electron chi connectivity index (χ4n) is 1.99. The number of hydrazine groups is 1. The Balaban J connectivity index is 2.77. The number of anilines is 1. The highest BCUT2D eigenvalue weighted by Crippen LogP contribution is 2.39. The van der Waals surface area contributed by atoms with Crippen molar-refractivity contribution in [2.75, 3.05) is 5.43 Å². The fourth-order valence-corrected chi connectivity index (χ4v) is 2.74. The van der Waals surface area contributed by atoms with Crippen molar-refractivity contribution < 1.29 is 0 Å². The van der Waals surface area contributed by atoms with Crippen molar-refractivity contribution in [2.24, 2.45) is 11.8 Å². The van der Waals surface area contributed by atoms with Crippen LogP contribution >= 0.6 is 34.8 Å². The van der Waals surface area contributed by atoms with Crippen LogP contribution < -0.4 is 11.3 Å². The molecule has 0 atom stereocenters. The maximum Gasteiger partial charge on any atom is 0.0928 e. The minimum atomic E-state index is 0.383. The summed E-state index contributed by atoms with van der Waals surface area (Å²) in [6, 6.07) is 3.47. The van der Waals surface area contributed by atoms with Gasteiger partial charge in [0.1, 0.15) is 0 Å². The minimum absolute atomic E-state index is 0.383. The Hall–Kier alpha value is -0.740. The van der Waals surface area contributed by atoms with Gasteiger partial charge in [-0.15, -0.1) is 0 Å². The summed E-state index contributed by atoms with van der Waals surface area (Å²) in [4.78, 5) is 4.55. The number of hydrogen-bond donors (Lipinski definition) is 2. The number of rotatable bonds is 3. The van der Waals surface area contributed by atoms with Crippen LogP contribution in [0.4, 0.5) is 5.69 Å². The number of fused-ring (bicyclic) bond motifs is 1. The Bertz CT molecular complexity index is 626. The third-order valence-corrected chi connectivity index (χ3v) is 3.83. The summed E-state index contributed by atoms with van der Waals surface area (Å²) < 4.78 is 0. The summed E-state index contributed by atoms with van der Waals surface area (Å²) in [6.45, 7) is 4.25. The van der Waals surface area contributed by atoms with Gasteiger partial charge in [-0.2, -0.15) is 0 Å². The van der Waals surface area contributed by atoms with Gasteiger partial charge < -0.3 is 5.43 Å². The van der Waals surface area contributed by atoms with Crippen LogP contribution in [0.3, 0.4) is 0 Å². The second-order valence-electron chi connectivity index (χ2n) is 4.78. The lowest BCUT2D eigenvalue weighted by Crippen LogP contribution is -2.09. The third kappa shape index (κ3) is 2.90. The molecular formula is C13H14Cl3N3. The highest BCUT2D eigenvalue weighted by atomic mass is 35.5. The second-order valence-corrected chi connectivity index (χ2v) is 5.97. The first-order valence-electron chi connectivity index (χ1n) is 5.87. The van der Waals surface area contributed by atoms with Crippen LogP contribution in [-0.4, -0.2) is 4.98 Å². The number of aromatic nitrogens is 1. The van der Waals surface area contributed by atoms with E-state index in [1.165, 1.54) is 0 Å². The van der Waals surface area contributed by atoms with Crippen LogP contribution in [0.1, 0.15) is 19.5 Å². The van der Waals surface area contributed by atoms with E-state index in [2.05, 4.69) is 24.3 Å². The van der Waals surface area contributed by atoms with Crippen molar-refractivity contribution in [3.8, 4) is 0 Å². The van der Waals surface area contributed by atoms with Crippen molar-refractivity contribution in [1.29, 1.82) is 0 Å². The van der Waals surface area contributed by atoms with Gasteiger partial charge in [-0.05, 0) is 24.5 Å². The quantitative estimate of drug-likeness (QED) is 0.491. The Morgan fingerprint density at radius 3 is 2.47 bits per heavy atom. The molecule has 3 nitrogen and oxygen atoms in total. The summed E-state index contributed by atoms with van der Waals surface area (Å²) in [5.74, 6) is 6.05. The molecule has 1 heterocycles. The molecule has 0 aliphatic carbocycles. The molecule has 102 valence electrons. The summed E-state index contributed by atoms with van der Waals surface area (Å²) in [5.41, 5.74) is 4.84. The van der Waals surface area contributed by atoms with E-state index in [0.29, 0.717) is 37.6 Å². The molecule has 0 aliphatic rings. The van der Waals surface area contributed by atoms with Gasteiger partial charge in [0.15, 0.2) is 0 Å². The Kier molecular flexibility index (Phi) is 4.41. The number of pyridine rings is 1. The Labute approximate surface area is 127 Å². The standard InChI is InChI=1S/C13H14Cl3N3/c1-6(2)3-7-4-10(19-17)11-12(16)8(14)5-9(15)13(11)18-7/h4-6H,3,17H2,1-2H3,(H,18,19). The van der Waals surface area contributed by atoms with Crippen molar-refractivity contribution in [1.82, 2.24) is 4.98 Å². The molecule has 2 rings (SSSR count). The van der Waals surface area contributed by atoms with Crippen molar-refractivity contribution in [3.63, 3.8) is 0 Å². The van der Waals surface area contributed by atoms with Gasteiger partial charge in [-0.3, -0.25) is 10.8 Å². The number of halogens is 3. The lowest BCUT2D eigenvalue weighted by Gasteiger charge is -2.13. The molecule has 19 heavy (non-hydrogen) atoms. The number of benzene rings is 1. The smallest absolute Gasteiger partial charge is 0.0928 e. The molecule has 0 radical (unpaired) electrons. The number of nitrogens with zero attached hydrogens (tertiary/aromatic N) is 1. The third-order valence-electron chi connectivity index (χ3n) is 2.75. The lowest BCUT2D eigenvalue weighted by atomic mass is 10.1. The Morgan fingerprint density at radius 2 is 1.89 bits per heavy atom. The maximum absolute atomic E-state index is 6.21. The van der Waals surface area contributed by atoms with Gasteiger partial charge in [-0.1, -0.05) is 48.7 Å². The van der Waals surface area contributed by atoms with E-state index in [1.807, 2.05) is 6.07 Å². The van der Waals surface area contributed by atoms with E-state index >= 15 is 0 Å². The first kappa shape index (κ1) is 14.7. The molecule has 0 saturated heterocycles. The second kappa shape index (κ2) is 5.71. The van der Waals surface area contributed by atoms with Crippen LogP contribution in [0.15, 0.2) is 12.1 Å². The van der Waals surface area contributed by atoms with Gasteiger partial charge >= 0.3 is 0 Å². The minimum Gasteiger partial charge on any atom is -0.323 e. The summed E-state index contributed by atoms with van der Waals surface area (Å²) in [6.07, 6.45) is 0.835. The van der Waals surface area contributed by atoms with Crippen LogP contribution in [0.2, 0.25) is 15.1 Å². The van der Waals surface area contributed by atoms with Crippen molar-refractivity contribution >= 4 is 51.4 Å². The van der Waals surface area contributed by atoms with E-state index in [1.54, 1.807) is 6.07 Å². The molecule has 3 N–H and O–H groups in total. The maximum atomic E-state index is 6.21. The van der Waals surface area contributed by atoms with Crippen molar-refractivity contribution in [2.45, 2.75) is 20.3 Å². The van der Waals surface area contributed by atoms with E-state index in [9.17, 15) is 0 Å². The zero-order valence-electron chi connectivity index (χ0n) is 10.6. The van der Waals surface area contributed by atoms with Gasteiger partial charge in [0.2, 0.25) is 0 Å². The Morgan fingerprint density at radius 1 is 1.21 bits per heavy atom. The monoisotopic (exact) mass is 317 g/mol. The molecule has 1 aromatic heterocycles. The number of nitrogen functional groups attached to an aromatic ring is 1. The van der Waals surface area contributed by atoms with E-state index in [-0.39, 0.29) is 0 Å². The molecule has 0 fully saturated rings. The zero-order valence-corrected chi connectivity index (χ0v) is 12.9. The molecule has 1 aromatic carbocycles. The predicted octanol–water partition coefficient (Wildman–Crippen LogP) is 4.68. The van der Waals surface area contributed by atoms with Gasteiger partial charge in [0.25, 0.3) is 0 Å². The number of hydrogen-bond acceptors (Lipinski definition) is 3. The highest BCUT2D eigenvalue weighted by Gasteiger charge is 2.15. The number of nitrogens with two attached hydrogens (primary N) is 1. The highest BCUT2D eigenvalue weighted by molar-refractivity contribution is 6.48. The average molecular weight is 319 g/mol. The van der Waals surface area contributed by atoms with E-state index in [4.69, 9.17) is 40.6 Å². The van der Waals surface area contributed by atoms with E-state index < -0.39 is 0 Å². The topological polar surface area (TPSA) is 50.9 Å². The molecular weight excluding hydrogens is 305 g/mol. The van der Waals surface area contributed by atoms with Crippen LogP contribution in [-0.2, 0) is 6.42 Å². The lowest BCUT2D eigenvalue weighted by molar-refractivity contribution is 0.637. The average Bonchev–Trinajstić information content (AvgIpc) is 2.34. The van der Waals surface area contributed by atoms with Gasteiger partial charge in [0.05, 0.1) is 26.3 Å². The molecule has 0 unspecified atom stereocenters. The normalized spacial score (nSPS) is 11.3. The van der Waals surface area contributed by atoms with E-state index in [0.717, 1.165) is 12.1 Å². The van der Waals surface area contributed by atoms with Gasteiger partial charge in [0, 0.05) is 11.1 Å². The predicted molar refractivity (Wildman–Crippen MR) is 83.1 cm³/mol. The summed E-state index contributed by atoms with van der Waals surface area (Å²) >= 11 is 18.4. The zero-order chi connectivity index (χ0) is 14.2. The molecule has 6 heteroatoms. The van der Waals surface area contributed by atoms with Crippen LogP contribution in [0, 0.1) is 5.92 Å². The molecule has 0 bridgehead atoms. The van der Waals surface area contributed by atoms with Gasteiger partial charge in [-0.25, -0.2) is 0 Å². The molecule has 0 aliphatic heterocycles. The molecule has 0 saturated carbocycles. The first-order chi connectivity index (χ1) is 8.93. The first-order valence-corrected chi connectivity index (χ1v) is 7.01. The summed E-state index contributed by atoms with van der Waals surface area (Å²) in [5, 5.41) is 1.90. The largest absolute Gasteiger partial charge is 0.323 e. The molecule has 0 spiro atoms. The fraction of sp³-hybridized carbons (Fsp3) is 0.308. The summed E-state index contributed by atoms with van der Waals surface area (Å²) in [7, 11) is 0. The number of nitrogens with one attached hydrogen (secondary N) is 1.